The Labute approximate surface area is 222 Å². The number of fused-ring (bicyclic) bond motifs is 1. The monoisotopic (exact) mass is 511 g/mol. The number of nitrogens with one attached hydrogen (secondary N) is 1. The fourth-order valence-corrected chi connectivity index (χ4v) is 5.48. The van der Waals surface area contributed by atoms with Crippen LogP contribution in [0.3, 0.4) is 0 Å². The minimum Gasteiger partial charge on any atom is -0.496 e. The van der Waals surface area contributed by atoms with Gasteiger partial charge in [0.1, 0.15) is 17.1 Å². The highest BCUT2D eigenvalue weighted by Gasteiger charge is 2.24. The summed E-state index contributed by atoms with van der Waals surface area (Å²) in [5.74, 6) is 0.616. The summed E-state index contributed by atoms with van der Waals surface area (Å²) in [6.45, 7) is 2.36. The van der Waals surface area contributed by atoms with Gasteiger partial charge in [0.2, 0.25) is 0 Å². The summed E-state index contributed by atoms with van der Waals surface area (Å²) in [6, 6.07) is 18.5. The standard InChI is InChI=1S/C31H33N3O4/c1-20-3-13-28(38-2)26(15-20)17-32-31(37)27-19-34-18-25(12-14-29(34)33-27)24-10-8-23(9-11-24)22-6-4-21(5-7-22)16-30(35)36/h3,8-15,18-19,21-22H,4-7,16-17H2,1-2H3,(H,32,37)(H,35,36). The van der Waals surface area contributed by atoms with Crippen molar-refractivity contribution >= 4 is 17.5 Å². The quantitative estimate of drug-likeness (QED) is 0.303. The summed E-state index contributed by atoms with van der Waals surface area (Å²) in [4.78, 5) is 28.3. The summed E-state index contributed by atoms with van der Waals surface area (Å²) < 4.78 is 7.29. The summed E-state index contributed by atoms with van der Waals surface area (Å²) in [7, 11) is 1.62. The van der Waals surface area contributed by atoms with Crippen LogP contribution in [-0.4, -0.2) is 33.5 Å². The summed E-state index contributed by atoms with van der Waals surface area (Å²) >= 11 is 0. The van der Waals surface area contributed by atoms with Gasteiger partial charge in [-0.15, -0.1) is 0 Å². The van der Waals surface area contributed by atoms with E-state index in [-0.39, 0.29) is 12.3 Å². The van der Waals surface area contributed by atoms with E-state index in [1.54, 1.807) is 13.3 Å². The molecule has 0 saturated heterocycles. The number of carbonyl (C=O) groups excluding carboxylic acids is 1. The molecule has 0 atom stereocenters. The van der Waals surface area contributed by atoms with Crippen LogP contribution in [0.1, 0.15) is 65.2 Å². The molecule has 2 aromatic heterocycles. The SMILES string of the molecule is COc1ccc(C)cc1CNC(=O)c1cn2cc(-c3ccc(C4CCC(CC(=O)O)CC4)cc3)ccc2n1. The van der Waals surface area contributed by atoms with E-state index in [0.29, 0.717) is 29.7 Å². The number of carboxylic acids is 1. The van der Waals surface area contributed by atoms with Gasteiger partial charge in [-0.2, -0.15) is 0 Å². The number of imidazole rings is 1. The number of rotatable bonds is 8. The molecule has 1 amide bonds. The van der Waals surface area contributed by atoms with Crippen LogP contribution in [-0.2, 0) is 11.3 Å². The molecule has 1 aliphatic carbocycles. The van der Waals surface area contributed by atoms with E-state index in [0.717, 1.165) is 53.7 Å². The molecule has 0 unspecified atom stereocenters. The molecule has 1 fully saturated rings. The molecule has 7 heteroatoms. The molecule has 1 aliphatic rings. The number of carbonyl (C=O) groups is 2. The molecule has 0 aliphatic heterocycles. The zero-order valence-electron chi connectivity index (χ0n) is 21.8. The lowest BCUT2D eigenvalue weighted by molar-refractivity contribution is -0.138. The number of hydrogen-bond acceptors (Lipinski definition) is 4. The normalized spacial score (nSPS) is 17.3. The smallest absolute Gasteiger partial charge is 0.303 e. The lowest BCUT2D eigenvalue weighted by atomic mass is 9.77. The van der Waals surface area contributed by atoms with Gasteiger partial charge in [-0.1, -0.05) is 42.0 Å². The summed E-state index contributed by atoms with van der Waals surface area (Å²) in [5, 5.41) is 12.0. The maximum atomic E-state index is 12.8. The number of nitrogens with zero attached hydrogens (tertiary/aromatic N) is 2. The number of ether oxygens (including phenoxy) is 1. The maximum absolute atomic E-state index is 12.8. The topological polar surface area (TPSA) is 92.9 Å². The summed E-state index contributed by atoms with van der Waals surface area (Å²) in [6.07, 6.45) is 8.07. The molecule has 2 aromatic carbocycles. The van der Waals surface area contributed by atoms with Gasteiger partial charge < -0.3 is 19.6 Å². The Balaban J connectivity index is 1.25. The van der Waals surface area contributed by atoms with Crippen molar-refractivity contribution in [1.82, 2.24) is 14.7 Å². The average Bonchev–Trinajstić information content (AvgIpc) is 3.36. The average molecular weight is 512 g/mol. The van der Waals surface area contributed by atoms with Crippen molar-refractivity contribution in [2.24, 2.45) is 5.92 Å². The lowest BCUT2D eigenvalue weighted by Crippen LogP contribution is -2.23. The number of benzene rings is 2. The van der Waals surface area contributed by atoms with Gasteiger partial charge in [-0.25, -0.2) is 4.98 Å². The molecule has 0 bridgehead atoms. The third-order valence-corrected chi connectivity index (χ3v) is 7.58. The van der Waals surface area contributed by atoms with E-state index in [1.165, 1.54) is 5.56 Å². The van der Waals surface area contributed by atoms with Gasteiger partial charge in [-0.05, 0) is 79.3 Å². The number of pyridine rings is 1. The van der Waals surface area contributed by atoms with Crippen molar-refractivity contribution in [3.8, 4) is 16.9 Å². The number of methoxy groups -OCH3 is 1. The summed E-state index contributed by atoms with van der Waals surface area (Å²) in [5.41, 5.74) is 6.56. The van der Waals surface area contributed by atoms with E-state index in [4.69, 9.17) is 9.84 Å². The Bertz CT molecular complexity index is 1450. The molecule has 196 valence electrons. The van der Waals surface area contributed by atoms with E-state index in [2.05, 4.69) is 34.6 Å². The van der Waals surface area contributed by atoms with Gasteiger partial charge in [-0.3, -0.25) is 9.59 Å². The molecule has 0 spiro atoms. The van der Waals surface area contributed by atoms with Gasteiger partial charge in [0.15, 0.2) is 0 Å². The van der Waals surface area contributed by atoms with Crippen LogP contribution in [0.5, 0.6) is 5.75 Å². The number of carboxylic acid groups (broad SMARTS) is 1. The molecule has 1 saturated carbocycles. The minimum atomic E-state index is -0.691. The van der Waals surface area contributed by atoms with E-state index < -0.39 is 5.97 Å². The highest BCUT2D eigenvalue weighted by Crippen LogP contribution is 2.37. The van der Waals surface area contributed by atoms with Crippen LogP contribution in [0.15, 0.2) is 67.0 Å². The predicted molar refractivity (Wildman–Crippen MR) is 146 cm³/mol. The fourth-order valence-electron chi connectivity index (χ4n) is 5.48. The van der Waals surface area contributed by atoms with Crippen molar-refractivity contribution in [2.75, 3.05) is 7.11 Å². The van der Waals surface area contributed by atoms with Crippen LogP contribution >= 0.6 is 0 Å². The highest BCUT2D eigenvalue weighted by molar-refractivity contribution is 5.93. The fraction of sp³-hybridized carbons (Fsp3) is 0.323. The second-order valence-corrected chi connectivity index (χ2v) is 10.2. The third-order valence-electron chi connectivity index (χ3n) is 7.58. The lowest BCUT2D eigenvalue weighted by Gasteiger charge is -2.28. The third kappa shape index (κ3) is 5.72. The maximum Gasteiger partial charge on any atom is 0.303 e. The first-order valence-corrected chi connectivity index (χ1v) is 13.1. The molecular weight excluding hydrogens is 478 g/mol. The van der Waals surface area contributed by atoms with Gasteiger partial charge in [0, 0.05) is 30.9 Å². The van der Waals surface area contributed by atoms with Crippen molar-refractivity contribution in [3.63, 3.8) is 0 Å². The van der Waals surface area contributed by atoms with Gasteiger partial charge >= 0.3 is 5.97 Å². The van der Waals surface area contributed by atoms with Crippen molar-refractivity contribution in [1.29, 1.82) is 0 Å². The zero-order chi connectivity index (χ0) is 26.6. The van der Waals surface area contributed by atoms with Crippen LogP contribution in [0, 0.1) is 12.8 Å². The Morgan fingerprint density at radius 1 is 1.00 bits per heavy atom. The van der Waals surface area contributed by atoms with E-state index in [9.17, 15) is 9.59 Å². The first-order valence-electron chi connectivity index (χ1n) is 13.1. The minimum absolute atomic E-state index is 0.235. The number of aliphatic carboxylic acids is 1. The first kappa shape index (κ1) is 25.5. The molecule has 4 aromatic rings. The number of aromatic nitrogens is 2. The predicted octanol–water partition coefficient (Wildman–Crippen LogP) is 6.00. The molecule has 5 rings (SSSR count). The number of aryl methyl sites for hydroxylation is 1. The van der Waals surface area contributed by atoms with Crippen molar-refractivity contribution in [3.05, 3.63) is 89.4 Å². The molecule has 38 heavy (non-hydrogen) atoms. The largest absolute Gasteiger partial charge is 0.496 e. The van der Waals surface area contributed by atoms with Gasteiger partial charge in [0.25, 0.3) is 5.91 Å². The van der Waals surface area contributed by atoms with Crippen molar-refractivity contribution in [2.45, 2.75) is 51.5 Å². The Morgan fingerprint density at radius 3 is 2.45 bits per heavy atom. The highest BCUT2D eigenvalue weighted by atomic mass is 16.5. The molecule has 2 N–H and O–H groups in total. The van der Waals surface area contributed by atoms with Gasteiger partial charge in [0.05, 0.1) is 7.11 Å². The molecule has 2 heterocycles. The molecule has 0 radical (unpaired) electrons. The zero-order valence-corrected chi connectivity index (χ0v) is 21.8. The number of amides is 1. The molecule has 7 nitrogen and oxygen atoms in total. The molecular formula is C31H33N3O4. The Morgan fingerprint density at radius 2 is 1.74 bits per heavy atom. The Kier molecular flexibility index (Phi) is 7.45. The van der Waals surface area contributed by atoms with Crippen LogP contribution in [0.4, 0.5) is 0 Å². The number of hydrogen-bond donors (Lipinski definition) is 2. The van der Waals surface area contributed by atoms with Crippen LogP contribution in [0.2, 0.25) is 0 Å². The van der Waals surface area contributed by atoms with E-state index in [1.807, 2.05) is 47.9 Å². The first-order chi connectivity index (χ1) is 18.4. The Hall–Kier alpha value is -4.13. The second kappa shape index (κ2) is 11.1. The van der Waals surface area contributed by atoms with Crippen LogP contribution in [0.25, 0.3) is 16.8 Å². The van der Waals surface area contributed by atoms with Crippen LogP contribution < -0.4 is 10.1 Å². The van der Waals surface area contributed by atoms with E-state index >= 15 is 0 Å². The van der Waals surface area contributed by atoms with Crippen molar-refractivity contribution < 1.29 is 19.4 Å². The second-order valence-electron chi connectivity index (χ2n) is 10.2.